The molecular weight excluding hydrogens is 178 g/mol. The van der Waals surface area contributed by atoms with Crippen LogP contribution in [0.4, 0.5) is 0 Å². The fourth-order valence-electron chi connectivity index (χ4n) is 1.16. The summed E-state index contributed by atoms with van der Waals surface area (Å²) in [6.45, 7) is 0.547. The van der Waals surface area contributed by atoms with E-state index in [2.05, 4.69) is 20.2 Å². The largest absolute Gasteiger partial charge is 0.367 e. The lowest BCUT2D eigenvalue weighted by molar-refractivity contribution is 0.813. The highest BCUT2D eigenvalue weighted by atomic mass is 15.2. The van der Waals surface area contributed by atoms with E-state index in [1.165, 1.54) is 0 Å². The highest BCUT2D eigenvalue weighted by Crippen LogP contribution is 2.12. The quantitative estimate of drug-likeness (QED) is 0.730. The van der Waals surface area contributed by atoms with E-state index in [0.29, 0.717) is 18.8 Å². The van der Waals surface area contributed by atoms with Gasteiger partial charge in [0.05, 0.1) is 6.20 Å². The van der Waals surface area contributed by atoms with E-state index in [9.17, 15) is 0 Å². The van der Waals surface area contributed by atoms with Crippen LogP contribution < -0.4 is 5.73 Å². The van der Waals surface area contributed by atoms with E-state index in [1.54, 1.807) is 6.20 Å². The Labute approximate surface area is 81.4 Å². The Bertz CT molecular complexity index is 378. The normalized spacial score (nSPS) is 10.4. The molecule has 2 aromatic rings. The van der Waals surface area contributed by atoms with E-state index in [4.69, 9.17) is 5.73 Å². The molecule has 14 heavy (non-hydrogen) atoms. The Morgan fingerprint density at radius 2 is 2.29 bits per heavy atom. The molecule has 0 spiro atoms. The number of hydrogen-bond acceptors (Lipinski definition) is 4. The summed E-state index contributed by atoms with van der Waals surface area (Å²) in [5.74, 6) is 0.687. The van der Waals surface area contributed by atoms with Crippen molar-refractivity contribution in [1.82, 2.24) is 20.2 Å². The minimum absolute atomic E-state index is 0.547. The van der Waals surface area contributed by atoms with E-state index in [1.807, 2.05) is 18.5 Å². The molecule has 0 aliphatic heterocycles. The first-order valence-corrected chi connectivity index (χ1v) is 4.42. The third-order valence-electron chi connectivity index (χ3n) is 1.87. The lowest BCUT2D eigenvalue weighted by Gasteiger charge is -1.97. The van der Waals surface area contributed by atoms with Crippen LogP contribution in [0.15, 0.2) is 24.7 Å². The minimum atomic E-state index is 0.547. The third-order valence-corrected chi connectivity index (χ3v) is 1.87. The van der Waals surface area contributed by atoms with Crippen LogP contribution in [0.2, 0.25) is 0 Å². The molecule has 0 aliphatic carbocycles. The van der Waals surface area contributed by atoms with Gasteiger partial charge in [0.1, 0.15) is 5.69 Å². The Hall–Kier alpha value is -1.75. The zero-order valence-corrected chi connectivity index (χ0v) is 7.64. The fourth-order valence-corrected chi connectivity index (χ4v) is 1.16. The molecule has 0 saturated heterocycles. The van der Waals surface area contributed by atoms with Gasteiger partial charge in [-0.05, 0) is 12.6 Å². The lowest BCUT2D eigenvalue weighted by atomic mass is 10.2. The molecule has 0 radical (unpaired) electrons. The highest BCUT2D eigenvalue weighted by Gasteiger charge is 2.01. The zero-order chi connectivity index (χ0) is 9.80. The van der Waals surface area contributed by atoms with Crippen molar-refractivity contribution in [2.24, 2.45) is 5.73 Å². The molecule has 0 fully saturated rings. The van der Waals surface area contributed by atoms with E-state index >= 15 is 0 Å². The summed E-state index contributed by atoms with van der Waals surface area (Å²) in [4.78, 5) is 7.11. The molecule has 0 saturated carbocycles. The number of nitrogens with zero attached hydrogens (tertiary/aromatic N) is 3. The van der Waals surface area contributed by atoms with Gasteiger partial charge in [-0.2, -0.15) is 0 Å². The van der Waals surface area contributed by atoms with Crippen molar-refractivity contribution >= 4 is 0 Å². The summed E-state index contributed by atoms with van der Waals surface area (Å²) in [6.07, 6.45) is 6.07. The number of nitrogens with one attached hydrogen (secondary N) is 1. The monoisotopic (exact) mass is 189 g/mol. The van der Waals surface area contributed by atoms with E-state index in [-0.39, 0.29) is 0 Å². The van der Waals surface area contributed by atoms with Crippen molar-refractivity contribution in [2.75, 3.05) is 6.54 Å². The molecule has 0 amide bonds. The average Bonchev–Trinajstić information content (AvgIpc) is 2.72. The van der Waals surface area contributed by atoms with E-state index < -0.39 is 0 Å². The zero-order valence-electron chi connectivity index (χ0n) is 7.64. The van der Waals surface area contributed by atoms with Gasteiger partial charge in [0, 0.05) is 24.4 Å². The predicted molar refractivity (Wildman–Crippen MR) is 52.4 cm³/mol. The second-order valence-corrected chi connectivity index (χ2v) is 2.90. The van der Waals surface area contributed by atoms with Gasteiger partial charge in [-0.15, -0.1) is 10.2 Å². The van der Waals surface area contributed by atoms with Crippen LogP contribution in [-0.4, -0.2) is 26.7 Å². The van der Waals surface area contributed by atoms with Gasteiger partial charge >= 0.3 is 0 Å². The summed E-state index contributed by atoms with van der Waals surface area (Å²) >= 11 is 0. The second-order valence-electron chi connectivity index (χ2n) is 2.90. The number of H-pyrrole nitrogens is 1. The van der Waals surface area contributed by atoms with Crippen molar-refractivity contribution in [3.8, 4) is 11.3 Å². The molecule has 0 aliphatic rings. The van der Waals surface area contributed by atoms with Crippen molar-refractivity contribution < 1.29 is 0 Å². The molecular formula is C9H11N5. The molecule has 72 valence electrons. The second kappa shape index (κ2) is 3.97. The van der Waals surface area contributed by atoms with Crippen molar-refractivity contribution in [2.45, 2.75) is 6.42 Å². The van der Waals surface area contributed by atoms with Gasteiger partial charge in [-0.25, -0.2) is 4.98 Å². The van der Waals surface area contributed by atoms with Gasteiger partial charge in [-0.3, -0.25) is 0 Å². The van der Waals surface area contributed by atoms with Gasteiger partial charge in [-0.1, -0.05) is 0 Å². The smallest absolute Gasteiger partial charge is 0.152 e. The maximum atomic E-state index is 5.38. The number of rotatable bonds is 3. The van der Waals surface area contributed by atoms with Crippen LogP contribution >= 0.6 is 0 Å². The van der Waals surface area contributed by atoms with Gasteiger partial charge in [0.2, 0.25) is 0 Å². The fraction of sp³-hybridized carbons (Fsp3) is 0.222. The molecule has 3 N–H and O–H groups in total. The first kappa shape index (κ1) is 8.83. The molecule has 2 aromatic heterocycles. The average molecular weight is 189 g/mol. The summed E-state index contributed by atoms with van der Waals surface area (Å²) in [6, 6.07) is 1.92. The SMILES string of the molecule is NCCc1ncc(-c2cc[nH]c2)nn1. The summed E-state index contributed by atoms with van der Waals surface area (Å²) < 4.78 is 0. The van der Waals surface area contributed by atoms with Crippen molar-refractivity contribution in [3.63, 3.8) is 0 Å². The topological polar surface area (TPSA) is 80.5 Å². The summed E-state index contributed by atoms with van der Waals surface area (Å²) in [5.41, 5.74) is 7.14. The molecule has 0 atom stereocenters. The first-order valence-electron chi connectivity index (χ1n) is 4.42. The Balaban J connectivity index is 2.22. The van der Waals surface area contributed by atoms with Gasteiger partial charge in [0.25, 0.3) is 0 Å². The Morgan fingerprint density at radius 3 is 2.86 bits per heavy atom. The number of hydrogen-bond donors (Lipinski definition) is 2. The molecule has 5 heteroatoms. The molecule has 2 rings (SSSR count). The molecule has 0 aromatic carbocycles. The molecule has 0 unspecified atom stereocenters. The Morgan fingerprint density at radius 1 is 1.36 bits per heavy atom. The summed E-state index contributed by atoms with van der Waals surface area (Å²) in [7, 11) is 0. The van der Waals surface area contributed by atoms with Crippen LogP contribution in [-0.2, 0) is 6.42 Å². The first-order chi connectivity index (χ1) is 6.90. The summed E-state index contributed by atoms with van der Waals surface area (Å²) in [5, 5.41) is 8.02. The standard InChI is InChI=1S/C9H11N5/c10-3-1-9-12-6-8(13-14-9)7-2-4-11-5-7/h2,4-6,11H,1,3,10H2. The number of nitrogens with two attached hydrogens (primary N) is 1. The minimum Gasteiger partial charge on any atom is -0.367 e. The maximum Gasteiger partial charge on any atom is 0.152 e. The van der Waals surface area contributed by atoms with E-state index in [0.717, 1.165) is 11.3 Å². The molecule has 5 nitrogen and oxygen atoms in total. The van der Waals surface area contributed by atoms with Crippen LogP contribution in [0.5, 0.6) is 0 Å². The maximum absolute atomic E-state index is 5.38. The highest BCUT2D eigenvalue weighted by molar-refractivity contribution is 5.55. The predicted octanol–water partition coefficient (Wildman–Crippen LogP) is 0.368. The van der Waals surface area contributed by atoms with Crippen LogP contribution in [0, 0.1) is 0 Å². The van der Waals surface area contributed by atoms with Crippen LogP contribution in [0.25, 0.3) is 11.3 Å². The van der Waals surface area contributed by atoms with Crippen LogP contribution in [0.1, 0.15) is 5.82 Å². The third kappa shape index (κ3) is 1.77. The van der Waals surface area contributed by atoms with Crippen molar-refractivity contribution in [3.05, 3.63) is 30.5 Å². The number of aromatic amines is 1. The molecule has 0 bridgehead atoms. The van der Waals surface area contributed by atoms with Gasteiger partial charge < -0.3 is 10.7 Å². The molecule has 2 heterocycles. The lowest BCUT2D eigenvalue weighted by Crippen LogP contribution is -2.07. The van der Waals surface area contributed by atoms with Crippen molar-refractivity contribution in [1.29, 1.82) is 0 Å². The van der Waals surface area contributed by atoms with Gasteiger partial charge in [0.15, 0.2) is 5.82 Å². The van der Waals surface area contributed by atoms with Crippen LogP contribution in [0.3, 0.4) is 0 Å². The Kier molecular flexibility index (Phi) is 2.51. The number of aromatic nitrogens is 4.